The van der Waals surface area contributed by atoms with E-state index >= 15 is 0 Å². The first-order valence-electron chi connectivity index (χ1n) is 4.31. The van der Waals surface area contributed by atoms with Crippen molar-refractivity contribution in [2.24, 2.45) is 0 Å². The van der Waals surface area contributed by atoms with E-state index in [1.54, 1.807) is 11.3 Å². The van der Waals surface area contributed by atoms with E-state index in [0.29, 0.717) is 5.92 Å². The van der Waals surface area contributed by atoms with Crippen molar-refractivity contribution in [3.8, 4) is 0 Å². The van der Waals surface area contributed by atoms with Gasteiger partial charge in [-0.25, -0.2) is 0 Å². The maximum Gasteiger partial charge on any atom is 0.0270 e. The largest absolute Gasteiger partial charge is 0.265 e. The van der Waals surface area contributed by atoms with E-state index in [4.69, 9.17) is 0 Å². The summed E-state index contributed by atoms with van der Waals surface area (Å²) < 4.78 is 0. The summed E-state index contributed by atoms with van der Waals surface area (Å²) in [4.78, 5) is 5.42. The molecule has 0 bridgehead atoms. The zero-order valence-electron chi connectivity index (χ0n) is 7.47. The molecule has 2 heteroatoms. The minimum absolute atomic E-state index is 0.489. The Hall–Kier alpha value is -1.15. The van der Waals surface area contributed by atoms with Gasteiger partial charge in [0.15, 0.2) is 0 Å². The first kappa shape index (κ1) is 8.45. The van der Waals surface area contributed by atoms with Crippen LogP contribution >= 0.6 is 11.3 Å². The van der Waals surface area contributed by atoms with Crippen molar-refractivity contribution >= 4 is 11.3 Å². The zero-order valence-corrected chi connectivity index (χ0v) is 8.29. The molecule has 1 unspecified atom stereocenters. The van der Waals surface area contributed by atoms with Gasteiger partial charge in [-0.15, -0.1) is 11.3 Å². The van der Waals surface area contributed by atoms with Gasteiger partial charge in [0.2, 0.25) is 0 Å². The molecule has 2 aromatic rings. The number of aromatic nitrogens is 1. The van der Waals surface area contributed by atoms with Gasteiger partial charge in [-0.05, 0) is 29.1 Å². The maximum atomic E-state index is 4.01. The molecule has 2 heterocycles. The van der Waals surface area contributed by atoms with E-state index in [0.717, 1.165) is 0 Å². The number of pyridine rings is 1. The minimum Gasteiger partial charge on any atom is -0.265 e. The molecule has 0 aliphatic heterocycles. The van der Waals surface area contributed by atoms with Crippen molar-refractivity contribution in [2.75, 3.05) is 0 Å². The minimum atomic E-state index is 0.489. The molecule has 0 saturated carbocycles. The molecule has 66 valence electrons. The average molecular weight is 189 g/mol. The second kappa shape index (κ2) is 3.71. The summed E-state index contributed by atoms with van der Waals surface area (Å²) in [5, 5.41) is 2.12. The van der Waals surface area contributed by atoms with Crippen LogP contribution in [0.4, 0.5) is 0 Å². The number of hydrogen-bond acceptors (Lipinski definition) is 2. The SMILES string of the molecule is CC(c1ccncc1)c1cccs1. The average Bonchev–Trinajstić information content (AvgIpc) is 2.71. The predicted octanol–water partition coefficient (Wildman–Crippen LogP) is 3.29. The fourth-order valence-electron chi connectivity index (χ4n) is 1.35. The van der Waals surface area contributed by atoms with Crippen molar-refractivity contribution in [3.63, 3.8) is 0 Å². The van der Waals surface area contributed by atoms with E-state index in [1.807, 2.05) is 12.4 Å². The first-order valence-corrected chi connectivity index (χ1v) is 5.19. The van der Waals surface area contributed by atoms with Crippen LogP contribution in [-0.2, 0) is 0 Å². The van der Waals surface area contributed by atoms with Crippen LogP contribution in [0.15, 0.2) is 42.0 Å². The third kappa shape index (κ3) is 1.78. The summed E-state index contributed by atoms with van der Waals surface area (Å²) in [5.74, 6) is 0.489. The Morgan fingerprint density at radius 2 is 2.00 bits per heavy atom. The summed E-state index contributed by atoms with van der Waals surface area (Å²) in [5.41, 5.74) is 1.33. The van der Waals surface area contributed by atoms with Crippen LogP contribution in [-0.4, -0.2) is 4.98 Å². The van der Waals surface area contributed by atoms with E-state index in [2.05, 4.69) is 41.6 Å². The van der Waals surface area contributed by atoms with Gasteiger partial charge in [0.1, 0.15) is 0 Å². The van der Waals surface area contributed by atoms with E-state index < -0.39 is 0 Å². The number of rotatable bonds is 2. The molecule has 1 atom stereocenters. The quantitative estimate of drug-likeness (QED) is 0.706. The summed E-state index contributed by atoms with van der Waals surface area (Å²) in [6, 6.07) is 8.42. The smallest absolute Gasteiger partial charge is 0.0270 e. The lowest BCUT2D eigenvalue weighted by Gasteiger charge is -2.08. The van der Waals surface area contributed by atoms with Crippen LogP contribution in [0.5, 0.6) is 0 Å². The molecule has 0 aliphatic carbocycles. The van der Waals surface area contributed by atoms with Gasteiger partial charge in [0.05, 0.1) is 0 Å². The van der Waals surface area contributed by atoms with Crippen molar-refractivity contribution < 1.29 is 0 Å². The summed E-state index contributed by atoms with van der Waals surface area (Å²) in [7, 11) is 0. The van der Waals surface area contributed by atoms with Gasteiger partial charge in [0, 0.05) is 23.2 Å². The summed E-state index contributed by atoms with van der Waals surface area (Å²) in [6.45, 7) is 2.22. The first-order chi connectivity index (χ1) is 6.38. The highest BCUT2D eigenvalue weighted by Gasteiger charge is 2.07. The molecule has 2 rings (SSSR count). The lowest BCUT2D eigenvalue weighted by molar-refractivity contribution is 0.942. The van der Waals surface area contributed by atoms with Gasteiger partial charge in [-0.1, -0.05) is 13.0 Å². The molecule has 13 heavy (non-hydrogen) atoms. The monoisotopic (exact) mass is 189 g/mol. The van der Waals surface area contributed by atoms with E-state index in [1.165, 1.54) is 10.4 Å². The fraction of sp³-hybridized carbons (Fsp3) is 0.182. The fourth-order valence-corrected chi connectivity index (χ4v) is 2.17. The van der Waals surface area contributed by atoms with Gasteiger partial charge in [0.25, 0.3) is 0 Å². The molecule has 0 N–H and O–H groups in total. The van der Waals surface area contributed by atoms with Gasteiger partial charge >= 0.3 is 0 Å². The topological polar surface area (TPSA) is 12.9 Å². The zero-order chi connectivity index (χ0) is 9.10. The Morgan fingerprint density at radius 3 is 2.62 bits per heavy atom. The number of hydrogen-bond donors (Lipinski definition) is 0. The second-order valence-electron chi connectivity index (χ2n) is 3.02. The lowest BCUT2D eigenvalue weighted by atomic mass is 10.0. The predicted molar refractivity (Wildman–Crippen MR) is 56.1 cm³/mol. The van der Waals surface area contributed by atoms with Crippen LogP contribution in [0.25, 0.3) is 0 Å². The molecule has 0 fully saturated rings. The maximum absolute atomic E-state index is 4.01. The molecule has 1 nitrogen and oxygen atoms in total. The molecule has 2 aromatic heterocycles. The molecular formula is C11H11NS. The molecule has 0 aliphatic rings. The lowest BCUT2D eigenvalue weighted by Crippen LogP contribution is -1.92. The molecular weight excluding hydrogens is 178 g/mol. The molecule has 0 radical (unpaired) electrons. The Labute approximate surface area is 82.1 Å². The Balaban J connectivity index is 2.29. The van der Waals surface area contributed by atoms with Crippen molar-refractivity contribution in [1.82, 2.24) is 4.98 Å². The second-order valence-corrected chi connectivity index (χ2v) is 4.00. The number of thiophene rings is 1. The summed E-state index contributed by atoms with van der Waals surface area (Å²) >= 11 is 1.81. The highest BCUT2D eigenvalue weighted by Crippen LogP contribution is 2.26. The van der Waals surface area contributed by atoms with Crippen LogP contribution in [0.1, 0.15) is 23.3 Å². The van der Waals surface area contributed by atoms with E-state index in [-0.39, 0.29) is 0 Å². The third-order valence-corrected chi connectivity index (χ3v) is 3.23. The molecule has 0 spiro atoms. The normalized spacial score (nSPS) is 12.7. The third-order valence-electron chi connectivity index (χ3n) is 2.18. The van der Waals surface area contributed by atoms with E-state index in [9.17, 15) is 0 Å². The molecule has 0 amide bonds. The highest BCUT2D eigenvalue weighted by molar-refractivity contribution is 7.10. The van der Waals surface area contributed by atoms with Crippen molar-refractivity contribution in [3.05, 3.63) is 52.5 Å². The van der Waals surface area contributed by atoms with Crippen molar-refractivity contribution in [2.45, 2.75) is 12.8 Å². The van der Waals surface area contributed by atoms with Gasteiger partial charge in [-0.2, -0.15) is 0 Å². The van der Waals surface area contributed by atoms with Gasteiger partial charge in [-0.3, -0.25) is 4.98 Å². The van der Waals surface area contributed by atoms with Crippen molar-refractivity contribution in [1.29, 1.82) is 0 Å². The summed E-state index contributed by atoms with van der Waals surface area (Å²) in [6.07, 6.45) is 3.69. The van der Waals surface area contributed by atoms with Crippen LogP contribution in [0, 0.1) is 0 Å². The molecule has 0 saturated heterocycles. The Bertz CT molecular complexity index is 353. The Morgan fingerprint density at radius 1 is 1.23 bits per heavy atom. The highest BCUT2D eigenvalue weighted by atomic mass is 32.1. The van der Waals surface area contributed by atoms with Gasteiger partial charge < -0.3 is 0 Å². The number of nitrogens with zero attached hydrogens (tertiary/aromatic N) is 1. The standard InChI is InChI=1S/C11H11NS/c1-9(11-3-2-8-13-11)10-4-6-12-7-5-10/h2-9H,1H3. The van der Waals surface area contributed by atoms with Crippen LogP contribution in [0.3, 0.4) is 0 Å². The Kier molecular flexibility index (Phi) is 2.41. The van der Waals surface area contributed by atoms with Crippen LogP contribution < -0.4 is 0 Å². The molecule has 0 aromatic carbocycles. The van der Waals surface area contributed by atoms with Crippen LogP contribution in [0.2, 0.25) is 0 Å².